The number of piperidine rings is 1. The highest BCUT2D eigenvalue weighted by atomic mass is 16.2. The van der Waals surface area contributed by atoms with Gasteiger partial charge < -0.3 is 15.1 Å². The molecule has 2 aliphatic rings. The fourth-order valence-electron chi connectivity index (χ4n) is 3.19. The maximum absolute atomic E-state index is 12.5. The SMILES string of the molecule is CCN1CCC(N(C)C(=O)C2NCCC2C)CC1. The second-order valence-electron chi connectivity index (χ2n) is 5.81. The number of nitrogens with one attached hydrogen (secondary N) is 1. The van der Waals surface area contributed by atoms with Crippen molar-refractivity contribution in [2.75, 3.05) is 33.2 Å². The molecule has 2 rings (SSSR count). The van der Waals surface area contributed by atoms with Crippen LogP contribution < -0.4 is 5.32 Å². The normalized spacial score (nSPS) is 30.6. The number of hydrogen-bond acceptors (Lipinski definition) is 3. The van der Waals surface area contributed by atoms with Crippen LogP contribution in [0.1, 0.15) is 33.1 Å². The average molecular weight is 253 g/mol. The Balaban J connectivity index is 1.87. The minimum absolute atomic E-state index is 0.0548. The molecule has 4 nitrogen and oxygen atoms in total. The van der Waals surface area contributed by atoms with Crippen molar-refractivity contribution in [1.29, 1.82) is 0 Å². The molecule has 2 atom stereocenters. The van der Waals surface area contributed by atoms with Gasteiger partial charge in [0.05, 0.1) is 6.04 Å². The highest BCUT2D eigenvalue weighted by Crippen LogP contribution is 2.20. The fraction of sp³-hybridized carbons (Fsp3) is 0.929. The Hall–Kier alpha value is -0.610. The van der Waals surface area contributed by atoms with E-state index < -0.39 is 0 Å². The number of carbonyl (C=O) groups is 1. The summed E-state index contributed by atoms with van der Waals surface area (Å²) < 4.78 is 0. The van der Waals surface area contributed by atoms with Gasteiger partial charge in [-0.3, -0.25) is 4.79 Å². The Morgan fingerprint density at radius 3 is 2.50 bits per heavy atom. The molecule has 2 unspecified atom stereocenters. The number of hydrogen-bond donors (Lipinski definition) is 1. The standard InChI is InChI=1S/C14H27N3O/c1-4-17-9-6-12(7-10-17)16(3)14(18)13-11(2)5-8-15-13/h11-13,15H,4-10H2,1-3H3. The Labute approximate surface area is 111 Å². The molecule has 4 heteroatoms. The molecule has 0 saturated carbocycles. The zero-order valence-corrected chi connectivity index (χ0v) is 12.0. The maximum Gasteiger partial charge on any atom is 0.239 e. The van der Waals surface area contributed by atoms with Gasteiger partial charge in [0.25, 0.3) is 0 Å². The van der Waals surface area contributed by atoms with E-state index in [1.807, 2.05) is 11.9 Å². The van der Waals surface area contributed by atoms with Gasteiger partial charge in [0, 0.05) is 26.2 Å². The van der Waals surface area contributed by atoms with Crippen molar-refractivity contribution in [2.24, 2.45) is 5.92 Å². The minimum Gasteiger partial charge on any atom is -0.341 e. The molecule has 1 amide bonds. The molecule has 0 spiro atoms. The van der Waals surface area contributed by atoms with E-state index in [0.29, 0.717) is 17.9 Å². The first-order valence-corrected chi connectivity index (χ1v) is 7.36. The summed E-state index contributed by atoms with van der Waals surface area (Å²) in [6, 6.07) is 0.495. The summed E-state index contributed by atoms with van der Waals surface area (Å²) in [5, 5.41) is 3.34. The summed E-state index contributed by atoms with van der Waals surface area (Å²) in [7, 11) is 1.99. The zero-order chi connectivity index (χ0) is 13.1. The molecule has 2 heterocycles. The lowest BCUT2D eigenvalue weighted by Crippen LogP contribution is -2.51. The summed E-state index contributed by atoms with van der Waals surface area (Å²) in [6.45, 7) is 8.76. The molecule has 2 aliphatic heterocycles. The third kappa shape index (κ3) is 2.86. The predicted molar refractivity (Wildman–Crippen MR) is 73.5 cm³/mol. The molecule has 1 N–H and O–H groups in total. The van der Waals surface area contributed by atoms with E-state index in [-0.39, 0.29) is 6.04 Å². The molecule has 0 aromatic heterocycles. The maximum atomic E-state index is 12.5. The number of nitrogens with zero attached hydrogens (tertiary/aromatic N) is 2. The summed E-state index contributed by atoms with van der Waals surface area (Å²) in [5.74, 6) is 0.783. The number of carbonyl (C=O) groups excluding carboxylic acids is 1. The summed E-state index contributed by atoms with van der Waals surface area (Å²) >= 11 is 0. The molecule has 2 fully saturated rings. The molecular formula is C14H27N3O. The van der Waals surface area contributed by atoms with Gasteiger partial charge in [0.15, 0.2) is 0 Å². The molecule has 2 saturated heterocycles. The molecule has 104 valence electrons. The number of likely N-dealkylation sites (tertiary alicyclic amines) is 1. The van der Waals surface area contributed by atoms with Crippen molar-refractivity contribution in [3.8, 4) is 0 Å². The number of likely N-dealkylation sites (N-methyl/N-ethyl adjacent to an activating group) is 1. The van der Waals surface area contributed by atoms with Crippen LogP contribution in [0.3, 0.4) is 0 Å². The first-order valence-electron chi connectivity index (χ1n) is 7.36. The Bertz CT molecular complexity index is 287. The predicted octanol–water partition coefficient (Wildman–Crippen LogP) is 0.927. The number of rotatable bonds is 3. The second kappa shape index (κ2) is 6.02. The van der Waals surface area contributed by atoms with Crippen LogP contribution in [-0.2, 0) is 4.79 Å². The summed E-state index contributed by atoms with van der Waals surface area (Å²) in [5.41, 5.74) is 0. The zero-order valence-electron chi connectivity index (χ0n) is 12.0. The van der Waals surface area contributed by atoms with E-state index in [0.717, 1.165) is 45.4 Å². The van der Waals surface area contributed by atoms with E-state index in [1.165, 1.54) is 0 Å². The van der Waals surface area contributed by atoms with Gasteiger partial charge in [-0.2, -0.15) is 0 Å². The largest absolute Gasteiger partial charge is 0.341 e. The van der Waals surface area contributed by atoms with E-state index in [2.05, 4.69) is 24.1 Å². The Morgan fingerprint density at radius 1 is 1.33 bits per heavy atom. The molecule has 0 radical (unpaired) electrons. The Morgan fingerprint density at radius 2 is 2.00 bits per heavy atom. The number of amides is 1. The fourth-order valence-corrected chi connectivity index (χ4v) is 3.19. The topological polar surface area (TPSA) is 35.6 Å². The lowest BCUT2D eigenvalue weighted by molar-refractivity contribution is -0.135. The third-order valence-corrected chi connectivity index (χ3v) is 4.70. The van der Waals surface area contributed by atoms with Crippen molar-refractivity contribution < 1.29 is 4.79 Å². The van der Waals surface area contributed by atoms with Crippen LogP contribution >= 0.6 is 0 Å². The van der Waals surface area contributed by atoms with Crippen molar-refractivity contribution in [3.05, 3.63) is 0 Å². The van der Waals surface area contributed by atoms with Crippen molar-refractivity contribution >= 4 is 5.91 Å². The van der Waals surface area contributed by atoms with Gasteiger partial charge in [-0.25, -0.2) is 0 Å². The van der Waals surface area contributed by atoms with E-state index in [9.17, 15) is 4.79 Å². The lowest BCUT2D eigenvalue weighted by Gasteiger charge is -2.37. The van der Waals surface area contributed by atoms with Crippen molar-refractivity contribution in [1.82, 2.24) is 15.1 Å². The highest BCUT2D eigenvalue weighted by Gasteiger charge is 2.34. The van der Waals surface area contributed by atoms with Gasteiger partial charge in [0.2, 0.25) is 5.91 Å². The molecule has 0 aliphatic carbocycles. The smallest absolute Gasteiger partial charge is 0.239 e. The van der Waals surface area contributed by atoms with Crippen LogP contribution in [0.15, 0.2) is 0 Å². The lowest BCUT2D eigenvalue weighted by atomic mass is 9.99. The molecule has 0 bridgehead atoms. The highest BCUT2D eigenvalue weighted by molar-refractivity contribution is 5.82. The third-order valence-electron chi connectivity index (χ3n) is 4.70. The first kappa shape index (κ1) is 13.8. The van der Waals surface area contributed by atoms with Crippen molar-refractivity contribution in [3.63, 3.8) is 0 Å². The van der Waals surface area contributed by atoms with Crippen LogP contribution in [0.2, 0.25) is 0 Å². The molecule has 18 heavy (non-hydrogen) atoms. The molecule has 0 aromatic rings. The van der Waals surface area contributed by atoms with Gasteiger partial charge in [-0.15, -0.1) is 0 Å². The van der Waals surface area contributed by atoms with Gasteiger partial charge in [0.1, 0.15) is 0 Å². The van der Waals surface area contributed by atoms with E-state index in [1.54, 1.807) is 0 Å². The molecular weight excluding hydrogens is 226 g/mol. The quantitative estimate of drug-likeness (QED) is 0.812. The van der Waals surface area contributed by atoms with Crippen LogP contribution in [0.25, 0.3) is 0 Å². The minimum atomic E-state index is 0.0548. The van der Waals surface area contributed by atoms with Crippen LogP contribution in [0.5, 0.6) is 0 Å². The van der Waals surface area contributed by atoms with Crippen LogP contribution in [-0.4, -0.2) is 61.0 Å². The molecule has 0 aromatic carbocycles. The monoisotopic (exact) mass is 253 g/mol. The van der Waals surface area contributed by atoms with Crippen LogP contribution in [0.4, 0.5) is 0 Å². The van der Waals surface area contributed by atoms with Crippen LogP contribution in [0, 0.1) is 5.92 Å². The van der Waals surface area contributed by atoms with E-state index >= 15 is 0 Å². The Kier molecular flexibility index (Phi) is 4.62. The summed E-state index contributed by atoms with van der Waals surface area (Å²) in [4.78, 5) is 16.9. The average Bonchev–Trinajstić information content (AvgIpc) is 2.83. The van der Waals surface area contributed by atoms with Gasteiger partial charge in [-0.1, -0.05) is 13.8 Å². The summed E-state index contributed by atoms with van der Waals surface area (Å²) in [6.07, 6.45) is 3.37. The van der Waals surface area contributed by atoms with Gasteiger partial charge in [-0.05, 0) is 38.3 Å². The van der Waals surface area contributed by atoms with E-state index in [4.69, 9.17) is 0 Å². The second-order valence-corrected chi connectivity index (χ2v) is 5.81. The first-order chi connectivity index (χ1) is 8.63. The van der Waals surface area contributed by atoms with Crippen molar-refractivity contribution in [2.45, 2.75) is 45.2 Å². The van der Waals surface area contributed by atoms with Gasteiger partial charge >= 0.3 is 0 Å².